The number of rotatable bonds is 1. The van der Waals surface area contributed by atoms with Gasteiger partial charge in [0.1, 0.15) is 5.82 Å². The lowest BCUT2D eigenvalue weighted by atomic mass is 9.89. The molecule has 3 rings (SSSR count). The number of hydrogen-bond donors (Lipinski definition) is 0. The zero-order chi connectivity index (χ0) is 11.3. The average molecular weight is 217 g/mol. The van der Waals surface area contributed by atoms with E-state index in [4.69, 9.17) is 4.98 Å². The molecule has 0 bridgehead atoms. The molecule has 3 heteroatoms. The van der Waals surface area contributed by atoms with Crippen molar-refractivity contribution in [3.05, 3.63) is 17.2 Å². The minimum Gasteiger partial charge on any atom is -0.236 e. The minimum absolute atomic E-state index is 0.137. The van der Waals surface area contributed by atoms with Gasteiger partial charge < -0.3 is 0 Å². The van der Waals surface area contributed by atoms with Crippen LogP contribution in [0.5, 0.6) is 0 Å². The zero-order valence-electron chi connectivity index (χ0n) is 10.3. The largest absolute Gasteiger partial charge is 0.236 e. The van der Waals surface area contributed by atoms with Crippen molar-refractivity contribution in [2.75, 3.05) is 0 Å². The zero-order valence-corrected chi connectivity index (χ0v) is 10.3. The number of fused-ring (bicyclic) bond motifs is 1. The van der Waals surface area contributed by atoms with Gasteiger partial charge in [-0.25, -0.2) is 9.66 Å². The summed E-state index contributed by atoms with van der Waals surface area (Å²) in [6.45, 7) is 6.77. The van der Waals surface area contributed by atoms with Gasteiger partial charge in [0.2, 0.25) is 0 Å². The molecule has 0 radical (unpaired) electrons. The van der Waals surface area contributed by atoms with E-state index in [1.807, 2.05) is 6.21 Å². The van der Waals surface area contributed by atoms with E-state index in [9.17, 15) is 0 Å². The normalized spacial score (nSPS) is 19.9. The monoisotopic (exact) mass is 217 g/mol. The lowest BCUT2D eigenvalue weighted by Gasteiger charge is -2.21. The first-order valence-corrected chi connectivity index (χ1v) is 6.22. The third kappa shape index (κ3) is 1.49. The molecule has 1 saturated carbocycles. The molecule has 0 amide bonds. The quantitative estimate of drug-likeness (QED) is 0.711. The Morgan fingerprint density at radius 1 is 1.31 bits per heavy atom. The topological polar surface area (TPSA) is 30.2 Å². The second-order valence-corrected chi connectivity index (χ2v) is 5.93. The van der Waals surface area contributed by atoms with Gasteiger partial charge >= 0.3 is 0 Å². The third-order valence-corrected chi connectivity index (χ3v) is 3.32. The van der Waals surface area contributed by atoms with Crippen LogP contribution in [0.1, 0.15) is 63.2 Å². The van der Waals surface area contributed by atoms with E-state index in [0.29, 0.717) is 5.92 Å². The summed E-state index contributed by atoms with van der Waals surface area (Å²) in [5, 5.41) is 4.52. The number of nitrogens with zero attached hydrogens (tertiary/aromatic N) is 3. The molecular formula is C13H19N3. The van der Waals surface area contributed by atoms with E-state index in [1.165, 1.54) is 24.2 Å². The molecule has 86 valence electrons. The van der Waals surface area contributed by atoms with Gasteiger partial charge in [0.05, 0.1) is 11.4 Å². The Balaban J connectivity index is 2.18. The van der Waals surface area contributed by atoms with Crippen molar-refractivity contribution in [3.63, 3.8) is 0 Å². The summed E-state index contributed by atoms with van der Waals surface area (Å²) in [5.41, 5.74) is 2.79. The predicted octanol–water partition coefficient (Wildman–Crippen LogP) is 2.84. The maximum absolute atomic E-state index is 4.83. The van der Waals surface area contributed by atoms with Gasteiger partial charge in [-0.15, -0.1) is 0 Å². The smallest absolute Gasteiger partial charge is 0.130 e. The molecule has 1 aromatic heterocycles. The lowest BCUT2D eigenvalue weighted by Crippen LogP contribution is -2.19. The predicted molar refractivity (Wildman–Crippen MR) is 65.1 cm³/mol. The summed E-state index contributed by atoms with van der Waals surface area (Å²) in [5.74, 6) is 1.87. The fraction of sp³-hybridized carbons (Fsp3) is 0.692. The molecule has 0 saturated heterocycles. The van der Waals surface area contributed by atoms with Crippen molar-refractivity contribution < 1.29 is 0 Å². The Morgan fingerprint density at radius 3 is 2.69 bits per heavy atom. The Labute approximate surface area is 96.6 Å². The maximum Gasteiger partial charge on any atom is 0.130 e. The molecule has 2 aliphatic rings. The van der Waals surface area contributed by atoms with Crippen molar-refractivity contribution >= 4 is 6.21 Å². The molecule has 1 aliphatic heterocycles. The molecule has 0 spiro atoms. The van der Waals surface area contributed by atoms with E-state index in [2.05, 4.69) is 30.5 Å². The van der Waals surface area contributed by atoms with Crippen molar-refractivity contribution in [3.8, 4) is 0 Å². The standard InChI is InChI=1S/C13H19N3/c1-13(2,3)12-11(9-6-7-9)15-10-5-4-8-14-16(10)12/h8-9H,4-7H2,1-3H3. The highest BCUT2D eigenvalue weighted by molar-refractivity contribution is 5.59. The highest BCUT2D eigenvalue weighted by Gasteiger charge is 2.36. The van der Waals surface area contributed by atoms with Gasteiger partial charge in [-0.05, 0) is 19.3 Å². The minimum atomic E-state index is 0.137. The number of aryl methyl sites for hydroxylation is 1. The Morgan fingerprint density at radius 2 is 2.06 bits per heavy atom. The van der Waals surface area contributed by atoms with Gasteiger partial charge in [-0.2, -0.15) is 5.10 Å². The summed E-state index contributed by atoms with van der Waals surface area (Å²) in [4.78, 5) is 4.83. The molecule has 2 heterocycles. The van der Waals surface area contributed by atoms with Crippen LogP contribution in [-0.4, -0.2) is 15.9 Å². The fourth-order valence-corrected chi connectivity index (χ4v) is 2.44. The van der Waals surface area contributed by atoms with Crippen LogP contribution < -0.4 is 0 Å². The molecule has 1 aromatic rings. The SMILES string of the molecule is CC(C)(C)c1c(C2CC2)nc2n1N=CCC2. The van der Waals surface area contributed by atoms with Crippen molar-refractivity contribution in [2.45, 2.75) is 57.8 Å². The van der Waals surface area contributed by atoms with Crippen LogP contribution in [-0.2, 0) is 11.8 Å². The van der Waals surface area contributed by atoms with Crippen LogP contribution in [0, 0.1) is 0 Å². The molecule has 16 heavy (non-hydrogen) atoms. The van der Waals surface area contributed by atoms with Gasteiger partial charge in [0.25, 0.3) is 0 Å². The van der Waals surface area contributed by atoms with E-state index < -0.39 is 0 Å². The summed E-state index contributed by atoms with van der Waals surface area (Å²) in [6.07, 6.45) is 6.71. The third-order valence-electron chi connectivity index (χ3n) is 3.32. The molecule has 0 aromatic carbocycles. The van der Waals surface area contributed by atoms with E-state index in [1.54, 1.807) is 0 Å². The second-order valence-electron chi connectivity index (χ2n) is 5.93. The molecule has 0 unspecified atom stereocenters. The average Bonchev–Trinajstić information content (AvgIpc) is 2.96. The molecular weight excluding hydrogens is 198 g/mol. The first-order chi connectivity index (χ1) is 7.57. The van der Waals surface area contributed by atoms with Crippen LogP contribution in [0.15, 0.2) is 5.10 Å². The first-order valence-electron chi connectivity index (χ1n) is 6.22. The highest BCUT2D eigenvalue weighted by atomic mass is 15.4. The number of hydrogen-bond acceptors (Lipinski definition) is 2. The molecule has 3 nitrogen and oxygen atoms in total. The summed E-state index contributed by atoms with van der Waals surface area (Å²) in [6, 6.07) is 0. The van der Waals surface area contributed by atoms with E-state index >= 15 is 0 Å². The van der Waals surface area contributed by atoms with Crippen molar-refractivity contribution in [1.82, 2.24) is 9.66 Å². The van der Waals surface area contributed by atoms with E-state index in [0.717, 1.165) is 18.7 Å². The van der Waals surface area contributed by atoms with Crippen LogP contribution in [0.4, 0.5) is 0 Å². The number of imidazole rings is 1. The van der Waals surface area contributed by atoms with Gasteiger partial charge in [-0.3, -0.25) is 0 Å². The van der Waals surface area contributed by atoms with Crippen molar-refractivity contribution in [1.29, 1.82) is 0 Å². The summed E-state index contributed by atoms with van der Waals surface area (Å²) < 4.78 is 2.09. The fourth-order valence-electron chi connectivity index (χ4n) is 2.44. The highest BCUT2D eigenvalue weighted by Crippen LogP contribution is 2.44. The lowest BCUT2D eigenvalue weighted by molar-refractivity contribution is 0.524. The van der Waals surface area contributed by atoms with Gasteiger partial charge in [0.15, 0.2) is 0 Å². The molecule has 1 aliphatic carbocycles. The summed E-state index contributed by atoms with van der Waals surface area (Å²) in [7, 11) is 0. The van der Waals surface area contributed by atoms with Crippen LogP contribution >= 0.6 is 0 Å². The Bertz CT molecular complexity index is 444. The van der Waals surface area contributed by atoms with Crippen LogP contribution in [0.3, 0.4) is 0 Å². The van der Waals surface area contributed by atoms with Crippen LogP contribution in [0.25, 0.3) is 0 Å². The van der Waals surface area contributed by atoms with Crippen molar-refractivity contribution in [2.24, 2.45) is 5.10 Å². The molecule has 1 fully saturated rings. The second kappa shape index (κ2) is 3.19. The molecule has 0 N–H and O–H groups in total. The van der Waals surface area contributed by atoms with E-state index in [-0.39, 0.29) is 5.41 Å². The van der Waals surface area contributed by atoms with Gasteiger partial charge in [0, 0.05) is 24.0 Å². The Hall–Kier alpha value is -1.12. The van der Waals surface area contributed by atoms with Crippen LogP contribution in [0.2, 0.25) is 0 Å². The first kappa shape index (κ1) is 10.1. The Kier molecular flexibility index (Phi) is 2.00. The molecule has 0 atom stereocenters. The summed E-state index contributed by atoms with van der Waals surface area (Å²) >= 11 is 0. The maximum atomic E-state index is 4.83. The number of aromatic nitrogens is 2. The van der Waals surface area contributed by atoms with Gasteiger partial charge in [-0.1, -0.05) is 20.8 Å².